The van der Waals surface area contributed by atoms with Crippen LogP contribution in [-0.2, 0) is 4.74 Å². The van der Waals surface area contributed by atoms with E-state index in [1.54, 1.807) is 43.5 Å². The number of nitrogens with zero attached hydrogens (tertiary/aromatic N) is 1. The number of aromatic nitrogens is 1. The second kappa shape index (κ2) is 8.70. The van der Waals surface area contributed by atoms with Gasteiger partial charge in [-0.15, -0.1) is 0 Å². The van der Waals surface area contributed by atoms with E-state index in [9.17, 15) is 4.79 Å². The summed E-state index contributed by atoms with van der Waals surface area (Å²) in [5, 5.41) is 6.60. The van der Waals surface area contributed by atoms with Crippen LogP contribution in [-0.4, -0.2) is 24.6 Å². The highest BCUT2D eigenvalue weighted by Gasteiger charge is 2.16. The molecule has 0 aliphatic rings. The number of pyridine rings is 1. The standard InChI is InChI=1S/C20H20ClN3O3/c1-13-6-8-18(27-13)17(12-26-2)24-19-9-7-14(11-22-19)20(25)23-16-5-3-4-15(21)10-16/h3-11,17H,12H2,1-2H3,(H,22,24)(H,23,25). The largest absolute Gasteiger partial charge is 0.464 e. The number of furan rings is 1. The van der Waals surface area contributed by atoms with Gasteiger partial charge >= 0.3 is 0 Å². The van der Waals surface area contributed by atoms with Gasteiger partial charge < -0.3 is 19.8 Å². The Morgan fingerprint density at radius 2 is 2.11 bits per heavy atom. The third kappa shape index (κ3) is 5.09. The molecule has 0 fully saturated rings. The average molecular weight is 386 g/mol. The molecule has 27 heavy (non-hydrogen) atoms. The van der Waals surface area contributed by atoms with Crippen molar-refractivity contribution in [3.63, 3.8) is 0 Å². The molecule has 2 aromatic heterocycles. The van der Waals surface area contributed by atoms with Crippen LogP contribution in [0.4, 0.5) is 11.5 Å². The SMILES string of the molecule is COCC(Nc1ccc(C(=O)Nc2cccc(Cl)c2)cn1)c1ccc(C)o1. The normalized spacial score (nSPS) is 11.8. The maximum atomic E-state index is 12.3. The number of benzene rings is 1. The molecule has 6 nitrogen and oxygen atoms in total. The summed E-state index contributed by atoms with van der Waals surface area (Å²) < 4.78 is 10.9. The second-order valence-electron chi connectivity index (χ2n) is 6.00. The molecule has 0 bridgehead atoms. The summed E-state index contributed by atoms with van der Waals surface area (Å²) in [5.41, 5.74) is 1.07. The van der Waals surface area contributed by atoms with Gasteiger partial charge in [0.1, 0.15) is 23.4 Å². The number of aryl methyl sites for hydroxylation is 1. The van der Waals surface area contributed by atoms with Gasteiger partial charge in [0.05, 0.1) is 12.2 Å². The van der Waals surface area contributed by atoms with Gasteiger partial charge in [-0.3, -0.25) is 4.79 Å². The van der Waals surface area contributed by atoms with Crippen molar-refractivity contribution in [2.75, 3.05) is 24.4 Å². The Kier molecular flexibility index (Phi) is 6.11. The van der Waals surface area contributed by atoms with Crippen molar-refractivity contribution in [3.05, 3.63) is 76.8 Å². The highest BCUT2D eigenvalue weighted by Crippen LogP contribution is 2.21. The fourth-order valence-electron chi connectivity index (χ4n) is 2.56. The summed E-state index contributed by atoms with van der Waals surface area (Å²) >= 11 is 5.93. The molecule has 140 valence electrons. The number of rotatable bonds is 7. The third-order valence-corrected chi connectivity index (χ3v) is 4.10. The highest BCUT2D eigenvalue weighted by molar-refractivity contribution is 6.30. The van der Waals surface area contributed by atoms with Crippen LogP contribution in [0.1, 0.15) is 27.9 Å². The molecule has 0 aliphatic heterocycles. The molecule has 3 aromatic rings. The fraction of sp³-hybridized carbons (Fsp3) is 0.200. The Morgan fingerprint density at radius 1 is 1.26 bits per heavy atom. The van der Waals surface area contributed by atoms with Crippen molar-refractivity contribution in [1.29, 1.82) is 0 Å². The van der Waals surface area contributed by atoms with Gasteiger partial charge in [0.25, 0.3) is 5.91 Å². The molecular formula is C20H20ClN3O3. The van der Waals surface area contributed by atoms with Gasteiger partial charge in [-0.25, -0.2) is 4.98 Å². The number of ether oxygens (including phenoxy) is 1. The summed E-state index contributed by atoms with van der Waals surface area (Å²) in [6.45, 7) is 2.31. The summed E-state index contributed by atoms with van der Waals surface area (Å²) in [4.78, 5) is 16.7. The van der Waals surface area contributed by atoms with Gasteiger partial charge in [0.15, 0.2) is 0 Å². The Bertz CT molecular complexity index is 909. The van der Waals surface area contributed by atoms with Crippen LogP contribution in [0.15, 0.2) is 59.1 Å². The zero-order chi connectivity index (χ0) is 19.2. The van der Waals surface area contributed by atoms with Gasteiger partial charge in [-0.2, -0.15) is 0 Å². The van der Waals surface area contributed by atoms with Gasteiger partial charge in [-0.05, 0) is 49.4 Å². The predicted octanol–water partition coefficient (Wildman–Crippen LogP) is 4.69. The number of halogens is 1. The number of carbonyl (C=O) groups excluding carboxylic acids is 1. The van der Waals surface area contributed by atoms with Crippen molar-refractivity contribution in [1.82, 2.24) is 4.98 Å². The maximum Gasteiger partial charge on any atom is 0.257 e. The van der Waals surface area contributed by atoms with Crippen molar-refractivity contribution in [2.24, 2.45) is 0 Å². The number of carbonyl (C=O) groups is 1. The minimum atomic E-state index is -0.258. The van der Waals surface area contributed by atoms with E-state index in [1.807, 2.05) is 19.1 Å². The molecule has 3 rings (SSSR count). The van der Waals surface area contributed by atoms with E-state index in [-0.39, 0.29) is 11.9 Å². The van der Waals surface area contributed by atoms with Crippen LogP contribution in [0.25, 0.3) is 0 Å². The summed E-state index contributed by atoms with van der Waals surface area (Å²) in [6, 6.07) is 14.0. The van der Waals surface area contributed by atoms with E-state index in [1.165, 1.54) is 6.20 Å². The lowest BCUT2D eigenvalue weighted by Crippen LogP contribution is -2.17. The Balaban J connectivity index is 1.67. The van der Waals surface area contributed by atoms with Crippen LogP contribution >= 0.6 is 11.6 Å². The molecule has 7 heteroatoms. The van der Waals surface area contributed by atoms with Gasteiger partial charge in [0.2, 0.25) is 0 Å². The molecule has 0 aliphatic carbocycles. The topological polar surface area (TPSA) is 76.4 Å². The predicted molar refractivity (Wildman–Crippen MR) is 105 cm³/mol. The lowest BCUT2D eigenvalue weighted by atomic mass is 10.2. The number of nitrogens with one attached hydrogen (secondary N) is 2. The number of anilines is 2. The first-order chi connectivity index (χ1) is 13.0. The fourth-order valence-corrected chi connectivity index (χ4v) is 2.75. The second-order valence-corrected chi connectivity index (χ2v) is 6.43. The molecule has 1 unspecified atom stereocenters. The highest BCUT2D eigenvalue weighted by atomic mass is 35.5. The van der Waals surface area contributed by atoms with E-state index in [2.05, 4.69) is 15.6 Å². The molecule has 0 saturated carbocycles. The van der Waals surface area contributed by atoms with E-state index in [4.69, 9.17) is 20.8 Å². The number of hydrogen-bond donors (Lipinski definition) is 2. The number of methoxy groups -OCH3 is 1. The van der Waals surface area contributed by atoms with E-state index in [0.717, 1.165) is 11.5 Å². The average Bonchev–Trinajstić information content (AvgIpc) is 3.08. The lowest BCUT2D eigenvalue weighted by Gasteiger charge is -2.16. The van der Waals surface area contributed by atoms with Crippen LogP contribution in [0.5, 0.6) is 0 Å². The van der Waals surface area contributed by atoms with Gasteiger partial charge in [0, 0.05) is 24.0 Å². The van der Waals surface area contributed by atoms with Crippen molar-refractivity contribution >= 4 is 29.0 Å². The van der Waals surface area contributed by atoms with Crippen LogP contribution < -0.4 is 10.6 Å². The quantitative estimate of drug-likeness (QED) is 0.617. The third-order valence-electron chi connectivity index (χ3n) is 3.87. The summed E-state index contributed by atoms with van der Waals surface area (Å²) in [5.74, 6) is 1.95. The van der Waals surface area contributed by atoms with Crippen molar-refractivity contribution in [2.45, 2.75) is 13.0 Å². The molecule has 0 saturated heterocycles. The van der Waals surface area contributed by atoms with E-state index in [0.29, 0.717) is 28.7 Å². The van der Waals surface area contributed by atoms with E-state index < -0.39 is 0 Å². The molecular weight excluding hydrogens is 366 g/mol. The maximum absolute atomic E-state index is 12.3. The lowest BCUT2D eigenvalue weighted by molar-refractivity contribution is 0.102. The zero-order valence-corrected chi connectivity index (χ0v) is 15.8. The Labute approximate surface area is 162 Å². The molecule has 1 aromatic carbocycles. The van der Waals surface area contributed by atoms with Crippen LogP contribution in [0.2, 0.25) is 5.02 Å². The van der Waals surface area contributed by atoms with Crippen molar-refractivity contribution in [3.8, 4) is 0 Å². The van der Waals surface area contributed by atoms with E-state index >= 15 is 0 Å². The van der Waals surface area contributed by atoms with Crippen LogP contribution in [0.3, 0.4) is 0 Å². The van der Waals surface area contributed by atoms with Crippen molar-refractivity contribution < 1.29 is 13.9 Å². The van der Waals surface area contributed by atoms with Gasteiger partial charge in [-0.1, -0.05) is 17.7 Å². The summed E-state index contributed by atoms with van der Waals surface area (Å²) in [7, 11) is 1.63. The summed E-state index contributed by atoms with van der Waals surface area (Å²) in [6.07, 6.45) is 1.51. The molecule has 2 N–H and O–H groups in total. The molecule has 0 radical (unpaired) electrons. The molecule has 1 atom stereocenters. The number of amides is 1. The Morgan fingerprint density at radius 3 is 2.74 bits per heavy atom. The first-order valence-electron chi connectivity index (χ1n) is 8.40. The first-order valence-corrected chi connectivity index (χ1v) is 8.78. The molecule has 0 spiro atoms. The van der Waals surface area contributed by atoms with Crippen LogP contribution in [0, 0.1) is 6.92 Å². The smallest absolute Gasteiger partial charge is 0.257 e. The molecule has 2 heterocycles. The first kappa shape index (κ1) is 18.9. The Hall–Kier alpha value is -2.83. The monoisotopic (exact) mass is 385 g/mol. The number of hydrogen-bond acceptors (Lipinski definition) is 5. The minimum absolute atomic E-state index is 0.178. The zero-order valence-electron chi connectivity index (χ0n) is 15.0. The molecule has 1 amide bonds. The minimum Gasteiger partial charge on any atom is -0.464 e.